The minimum Gasteiger partial charge on any atom is -0.478 e. The third kappa shape index (κ3) is 31.4. The van der Waals surface area contributed by atoms with Crippen molar-refractivity contribution in [1.82, 2.24) is 19.8 Å². The number of likely N-dealkylation sites (N-methyl/N-ethyl adjacent to an activating group) is 2. The van der Waals surface area contributed by atoms with Gasteiger partial charge in [0.1, 0.15) is 11.6 Å². The summed E-state index contributed by atoms with van der Waals surface area (Å²) >= 11 is 3.59. The van der Waals surface area contributed by atoms with Crippen molar-refractivity contribution >= 4 is 70.1 Å². The van der Waals surface area contributed by atoms with E-state index >= 15 is 0 Å². The van der Waals surface area contributed by atoms with Crippen LogP contribution in [0.3, 0.4) is 0 Å². The molecular formula is C40H50N6O12S2. The lowest BCUT2D eigenvalue weighted by Gasteiger charge is -2.24. The van der Waals surface area contributed by atoms with Crippen LogP contribution in [0.4, 0.5) is 11.6 Å². The van der Waals surface area contributed by atoms with Crippen LogP contribution in [0.15, 0.2) is 120 Å². The number of rotatable bonds is 18. The number of carboxylic acid groups (broad SMARTS) is 6. The molecule has 0 aliphatic carbocycles. The molecule has 0 aliphatic rings. The van der Waals surface area contributed by atoms with Crippen molar-refractivity contribution < 1.29 is 59.4 Å². The first-order valence-corrected chi connectivity index (χ1v) is 19.2. The molecule has 0 amide bonds. The lowest BCUT2D eigenvalue weighted by Crippen LogP contribution is -2.31. The first-order valence-electron chi connectivity index (χ1n) is 17.5. The second-order valence-electron chi connectivity index (χ2n) is 12.0. The van der Waals surface area contributed by atoms with Crippen molar-refractivity contribution in [3.05, 3.63) is 130 Å². The van der Waals surface area contributed by atoms with Crippen LogP contribution >= 0.6 is 22.7 Å². The second-order valence-corrected chi connectivity index (χ2v) is 14.1. The van der Waals surface area contributed by atoms with E-state index < -0.39 is 35.8 Å². The number of aromatic nitrogens is 2. The smallest absolute Gasteiger partial charge is 0.328 e. The highest BCUT2D eigenvalue weighted by Gasteiger charge is 2.10. The van der Waals surface area contributed by atoms with Gasteiger partial charge >= 0.3 is 35.8 Å². The summed E-state index contributed by atoms with van der Waals surface area (Å²) in [5.41, 5.74) is 0. The van der Waals surface area contributed by atoms with Gasteiger partial charge in [0.15, 0.2) is 0 Å². The van der Waals surface area contributed by atoms with Crippen molar-refractivity contribution in [1.29, 1.82) is 0 Å². The van der Waals surface area contributed by atoms with Gasteiger partial charge in [-0.25, -0.2) is 38.7 Å². The Morgan fingerprint density at radius 3 is 0.967 bits per heavy atom. The fourth-order valence-electron chi connectivity index (χ4n) is 3.88. The molecule has 0 radical (unpaired) electrons. The van der Waals surface area contributed by atoms with Gasteiger partial charge in [-0.2, -0.15) is 0 Å². The van der Waals surface area contributed by atoms with E-state index in [2.05, 4.69) is 105 Å². The van der Waals surface area contributed by atoms with E-state index in [4.69, 9.17) is 30.6 Å². The number of aliphatic carboxylic acids is 6. The summed E-state index contributed by atoms with van der Waals surface area (Å²) in [4.78, 5) is 78.0. The maximum Gasteiger partial charge on any atom is 0.328 e. The summed E-state index contributed by atoms with van der Waals surface area (Å²) < 4.78 is 0. The second kappa shape index (κ2) is 32.2. The maximum absolute atomic E-state index is 9.55. The molecule has 18 nitrogen and oxygen atoms in total. The molecule has 324 valence electrons. The van der Waals surface area contributed by atoms with E-state index in [1.54, 1.807) is 22.7 Å². The van der Waals surface area contributed by atoms with Gasteiger partial charge in [-0.05, 0) is 75.3 Å². The van der Waals surface area contributed by atoms with Crippen LogP contribution in [0.1, 0.15) is 9.75 Å². The standard InChI is InChI=1S/2C14H19N3S.3C4H4O4/c2*1-16(2)9-10-17(12-13-6-5-11-18-13)14-7-3-4-8-15-14;3*5-3(6)1-2-4(7)8/h2*3-8,11H,9-10,12H2,1-2H3;3*1-2H,(H,5,6)(H,7,8)/b;;3*2-1+. The molecule has 0 bridgehead atoms. The molecule has 0 saturated carbocycles. The number of hydrogen-bond donors (Lipinski definition) is 6. The van der Waals surface area contributed by atoms with E-state index in [-0.39, 0.29) is 0 Å². The van der Waals surface area contributed by atoms with Crippen LogP contribution in [0.25, 0.3) is 0 Å². The summed E-state index contributed by atoms with van der Waals surface area (Å²) in [6.45, 7) is 5.90. The van der Waals surface area contributed by atoms with E-state index in [0.717, 1.165) is 50.9 Å². The first-order chi connectivity index (χ1) is 28.4. The molecular weight excluding hydrogens is 821 g/mol. The van der Waals surface area contributed by atoms with Crippen LogP contribution in [0, 0.1) is 0 Å². The number of anilines is 2. The predicted octanol–water partition coefficient (Wildman–Crippen LogP) is 4.56. The zero-order valence-corrected chi connectivity index (χ0v) is 35.1. The first kappa shape index (κ1) is 53.3. The highest BCUT2D eigenvalue weighted by Crippen LogP contribution is 2.18. The fraction of sp³-hybridized carbons (Fsp3) is 0.250. The van der Waals surface area contributed by atoms with E-state index in [1.807, 2.05) is 36.7 Å². The van der Waals surface area contributed by atoms with E-state index in [9.17, 15) is 28.8 Å². The molecule has 4 aromatic heterocycles. The van der Waals surface area contributed by atoms with Crippen molar-refractivity contribution in [2.45, 2.75) is 13.1 Å². The Morgan fingerprint density at radius 1 is 0.467 bits per heavy atom. The number of hydrogen-bond acceptors (Lipinski definition) is 14. The molecule has 0 saturated heterocycles. The van der Waals surface area contributed by atoms with Gasteiger partial charge in [-0.3, -0.25) is 0 Å². The predicted molar refractivity (Wildman–Crippen MR) is 230 cm³/mol. The summed E-state index contributed by atoms with van der Waals surface area (Å²) in [6.07, 6.45) is 7.05. The molecule has 0 aliphatic heterocycles. The Labute approximate surface area is 355 Å². The Bertz CT molecular complexity index is 1690. The molecule has 4 heterocycles. The summed E-state index contributed by atoms with van der Waals surface area (Å²) in [6, 6.07) is 20.7. The topological polar surface area (TPSA) is 263 Å². The van der Waals surface area contributed by atoms with Gasteiger partial charge < -0.3 is 50.2 Å². The van der Waals surface area contributed by atoms with Gasteiger partial charge in [-0.15, -0.1) is 22.7 Å². The Kier molecular flexibility index (Phi) is 28.6. The van der Waals surface area contributed by atoms with E-state index in [1.165, 1.54) is 9.75 Å². The SMILES string of the molecule is CN(C)CCN(Cc1cccs1)c1ccccn1.CN(C)CCN(Cc1cccs1)c1ccccn1.O=C(O)/C=C/C(=O)O.O=C(O)/C=C/C(=O)O.O=C(O)/C=C/C(=O)O. The molecule has 0 fully saturated rings. The fourth-order valence-corrected chi connectivity index (χ4v) is 5.32. The van der Waals surface area contributed by atoms with Crippen LogP contribution in [-0.4, -0.2) is 141 Å². The normalized spacial score (nSPS) is 10.3. The zero-order valence-electron chi connectivity index (χ0n) is 33.4. The Hall–Kier alpha value is -6.74. The molecule has 0 spiro atoms. The zero-order chi connectivity index (χ0) is 45.3. The minimum absolute atomic E-state index is 0.558. The Balaban J connectivity index is 0.000000772. The molecule has 6 N–H and O–H groups in total. The lowest BCUT2D eigenvalue weighted by atomic mass is 10.3. The van der Waals surface area contributed by atoms with Gasteiger partial charge in [0.05, 0.1) is 13.1 Å². The van der Waals surface area contributed by atoms with Gasteiger partial charge in [0.25, 0.3) is 0 Å². The number of carboxylic acids is 6. The molecule has 4 aromatic rings. The molecule has 0 atom stereocenters. The van der Waals surface area contributed by atoms with E-state index in [0.29, 0.717) is 36.5 Å². The lowest BCUT2D eigenvalue weighted by molar-refractivity contribution is -0.134. The van der Waals surface area contributed by atoms with Gasteiger partial charge in [0, 0.05) is 84.8 Å². The molecule has 0 aromatic carbocycles. The van der Waals surface area contributed by atoms with Crippen LogP contribution in [0.2, 0.25) is 0 Å². The van der Waals surface area contributed by atoms with Crippen molar-refractivity contribution in [2.75, 3.05) is 64.2 Å². The van der Waals surface area contributed by atoms with Crippen molar-refractivity contribution in [3.63, 3.8) is 0 Å². The largest absolute Gasteiger partial charge is 0.478 e. The molecule has 20 heteroatoms. The maximum atomic E-state index is 9.55. The number of thiophene rings is 2. The number of nitrogens with zero attached hydrogens (tertiary/aromatic N) is 6. The van der Waals surface area contributed by atoms with Crippen molar-refractivity contribution in [2.24, 2.45) is 0 Å². The van der Waals surface area contributed by atoms with Crippen LogP contribution in [0.5, 0.6) is 0 Å². The third-order valence-electron chi connectivity index (χ3n) is 6.54. The average Bonchev–Trinajstić information content (AvgIpc) is 3.92. The van der Waals surface area contributed by atoms with Gasteiger partial charge in [0.2, 0.25) is 0 Å². The van der Waals surface area contributed by atoms with Gasteiger partial charge in [-0.1, -0.05) is 24.3 Å². The summed E-state index contributed by atoms with van der Waals surface area (Å²) in [5, 5.41) is 51.1. The monoisotopic (exact) mass is 870 g/mol. The molecule has 0 unspecified atom stereocenters. The number of pyridine rings is 2. The average molecular weight is 871 g/mol. The Morgan fingerprint density at radius 2 is 0.767 bits per heavy atom. The molecule has 4 rings (SSSR count). The number of carbonyl (C=O) groups is 6. The molecule has 60 heavy (non-hydrogen) atoms. The summed E-state index contributed by atoms with van der Waals surface area (Å²) in [7, 11) is 8.40. The minimum atomic E-state index is -1.26. The third-order valence-corrected chi connectivity index (χ3v) is 8.26. The van der Waals surface area contributed by atoms with Crippen LogP contribution < -0.4 is 9.80 Å². The van der Waals surface area contributed by atoms with Crippen molar-refractivity contribution in [3.8, 4) is 0 Å². The summed E-state index contributed by atoms with van der Waals surface area (Å²) in [5.74, 6) is -5.44. The highest BCUT2D eigenvalue weighted by atomic mass is 32.1. The highest BCUT2D eigenvalue weighted by molar-refractivity contribution is 7.10. The quantitative estimate of drug-likeness (QED) is 0.0749. The van der Waals surface area contributed by atoms with Crippen LogP contribution in [-0.2, 0) is 41.9 Å².